The predicted molar refractivity (Wildman–Crippen MR) is 107 cm³/mol. The number of hydrogen-bond acceptors (Lipinski definition) is 8. The largest absolute Gasteiger partial charge is 0.495 e. The fourth-order valence-corrected chi connectivity index (χ4v) is 4.27. The topological polar surface area (TPSA) is 120 Å². The highest BCUT2D eigenvalue weighted by molar-refractivity contribution is 7.89. The van der Waals surface area contributed by atoms with Gasteiger partial charge in [-0.3, -0.25) is 10.1 Å². The van der Waals surface area contributed by atoms with Gasteiger partial charge < -0.3 is 9.47 Å². The van der Waals surface area contributed by atoms with Gasteiger partial charge in [-0.1, -0.05) is 24.7 Å². The number of anilines is 1. The Balaban J connectivity index is 2.19. The van der Waals surface area contributed by atoms with E-state index in [0.717, 1.165) is 24.3 Å². The number of carbonyl (C=O) groups excluding carboxylic acids is 1. The molecule has 0 radical (unpaired) electrons. The average Bonchev–Trinajstić information content (AvgIpc) is 3.13. The third-order valence-electron chi connectivity index (χ3n) is 3.75. The lowest BCUT2D eigenvalue weighted by molar-refractivity contribution is 0.102. The summed E-state index contributed by atoms with van der Waals surface area (Å²) in [6.45, 7) is 2.41. The van der Waals surface area contributed by atoms with Crippen molar-refractivity contribution in [2.75, 3.05) is 32.7 Å². The maximum absolute atomic E-state index is 12.5. The van der Waals surface area contributed by atoms with Crippen molar-refractivity contribution in [3.05, 3.63) is 28.8 Å². The van der Waals surface area contributed by atoms with Gasteiger partial charge in [-0.15, -0.1) is 10.2 Å². The number of methoxy groups -OCH3 is 2. The van der Waals surface area contributed by atoms with Crippen LogP contribution in [0.3, 0.4) is 0 Å². The van der Waals surface area contributed by atoms with E-state index in [1.807, 2.05) is 0 Å². The fourth-order valence-electron chi connectivity index (χ4n) is 2.29. The summed E-state index contributed by atoms with van der Waals surface area (Å²) < 4.78 is 37.4. The van der Waals surface area contributed by atoms with Crippen molar-refractivity contribution in [2.45, 2.75) is 31.1 Å². The highest BCUT2D eigenvalue weighted by Gasteiger charge is 2.22. The van der Waals surface area contributed by atoms with Crippen LogP contribution in [0.15, 0.2) is 23.1 Å². The second kappa shape index (κ2) is 10.5. The molecule has 0 unspecified atom stereocenters. The van der Waals surface area contributed by atoms with Crippen LogP contribution >= 0.6 is 11.3 Å². The zero-order chi connectivity index (χ0) is 20.6. The van der Waals surface area contributed by atoms with E-state index in [2.05, 4.69) is 27.2 Å². The number of carbonyl (C=O) groups is 1. The summed E-state index contributed by atoms with van der Waals surface area (Å²) in [7, 11) is -1.03. The lowest BCUT2D eigenvalue weighted by Gasteiger charge is -2.12. The SMILES string of the molecule is CCCCc1nnc(NC(=O)c2ccc(OC)c(S(=O)(=O)NCCOC)c2)s1. The van der Waals surface area contributed by atoms with Crippen molar-refractivity contribution in [3.8, 4) is 5.75 Å². The van der Waals surface area contributed by atoms with Gasteiger partial charge in [-0.2, -0.15) is 0 Å². The van der Waals surface area contributed by atoms with E-state index in [4.69, 9.17) is 9.47 Å². The number of aromatic nitrogens is 2. The maximum Gasteiger partial charge on any atom is 0.257 e. The van der Waals surface area contributed by atoms with E-state index in [1.54, 1.807) is 0 Å². The van der Waals surface area contributed by atoms with Gasteiger partial charge in [0.05, 0.1) is 13.7 Å². The first kappa shape index (κ1) is 22.2. The molecular weight excluding hydrogens is 404 g/mol. The Morgan fingerprint density at radius 2 is 2.04 bits per heavy atom. The van der Waals surface area contributed by atoms with Crippen molar-refractivity contribution < 1.29 is 22.7 Å². The number of sulfonamides is 1. The smallest absolute Gasteiger partial charge is 0.257 e. The molecule has 9 nitrogen and oxygen atoms in total. The zero-order valence-electron chi connectivity index (χ0n) is 16.0. The van der Waals surface area contributed by atoms with Crippen LogP contribution in [-0.2, 0) is 21.2 Å². The highest BCUT2D eigenvalue weighted by atomic mass is 32.2. The molecule has 11 heteroatoms. The second-order valence-corrected chi connectivity index (χ2v) is 8.61. The minimum Gasteiger partial charge on any atom is -0.495 e. The molecule has 1 aromatic carbocycles. The molecule has 0 atom stereocenters. The van der Waals surface area contributed by atoms with Gasteiger partial charge in [0, 0.05) is 25.6 Å². The summed E-state index contributed by atoms with van der Waals surface area (Å²) in [5, 5.41) is 11.9. The Bertz CT molecular complexity index is 899. The number of nitrogens with zero attached hydrogens (tertiary/aromatic N) is 2. The number of nitrogens with one attached hydrogen (secondary N) is 2. The molecule has 2 N–H and O–H groups in total. The number of unbranched alkanes of at least 4 members (excludes halogenated alkanes) is 1. The third-order valence-corrected chi connectivity index (χ3v) is 6.13. The summed E-state index contributed by atoms with van der Waals surface area (Å²) in [6, 6.07) is 4.19. The zero-order valence-corrected chi connectivity index (χ0v) is 17.7. The Morgan fingerprint density at radius 1 is 1.25 bits per heavy atom. The van der Waals surface area contributed by atoms with E-state index >= 15 is 0 Å². The van der Waals surface area contributed by atoms with Crippen LogP contribution in [0, 0.1) is 0 Å². The molecule has 0 saturated heterocycles. The van der Waals surface area contributed by atoms with Crippen LogP contribution in [-0.4, -0.2) is 51.9 Å². The van der Waals surface area contributed by atoms with Gasteiger partial charge in [0.1, 0.15) is 15.7 Å². The first-order valence-corrected chi connectivity index (χ1v) is 11.0. The van der Waals surface area contributed by atoms with Crippen LogP contribution in [0.1, 0.15) is 35.1 Å². The minimum absolute atomic E-state index is 0.101. The van der Waals surface area contributed by atoms with Crippen molar-refractivity contribution in [1.29, 1.82) is 0 Å². The molecule has 1 aromatic heterocycles. The molecule has 0 aliphatic carbocycles. The highest BCUT2D eigenvalue weighted by Crippen LogP contribution is 2.25. The van der Waals surface area contributed by atoms with E-state index < -0.39 is 15.9 Å². The normalized spacial score (nSPS) is 11.4. The van der Waals surface area contributed by atoms with Crippen LogP contribution in [0.25, 0.3) is 0 Å². The summed E-state index contributed by atoms with van der Waals surface area (Å²) in [5.74, 6) is -0.339. The number of ether oxygens (including phenoxy) is 2. The van der Waals surface area contributed by atoms with Crippen LogP contribution in [0.5, 0.6) is 5.75 Å². The number of benzene rings is 1. The molecule has 0 aliphatic rings. The quantitative estimate of drug-likeness (QED) is 0.526. The van der Waals surface area contributed by atoms with Gasteiger partial charge in [-0.05, 0) is 24.6 Å². The third kappa shape index (κ3) is 5.96. The van der Waals surface area contributed by atoms with E-state index in [9.17, 15) is 13.2 Å². The Labute approximate surface area is 168 Å². The van der Waals surface area contributed by atoms with Crippen LogP contribution in [0.4, 0.5) is 5.13 Å². The lowest BCUT2D eigenvalue weighted by atomic mass is 10.2. The van der Waals surface area contributed by atoms with Gasteiger partial charge in [-0.25, -0.2) is 13.1 Å². The minimum atomic E-state index is -3.87. The van der Waals surface area contributed by atoms with E-state index in [-0.39, 0.29) is 29.4 Å². The van der Waals surface area contributed by atoms with Crippen molar-refractivity contribution in [1.82, 2.24) is 14.9 Å². The molecule has 28 heavy (non-hydrogen) atoms. The van der Waals surface area contributed by atoms with Crippen molar-refractivity contribution in [2.24, 2.45) is 0 Å². The standard InChI is InChI=1S/C17H24N4O5S2/c1-4-5-6-15-20-21-17(27-15)19-16(22)12-7-8-13(26-3)14(11-12)28(23,24)18-9-10-25-2/h7-8,11,18H,4-6,9-10H2,1-3H3,(H,19,21,22). The summed E-state index contributed by atoms with van der Waals surface area (Å²) in [6.07, 6.45) is 2.85. The number of aryl methyl sites for hydroxylation is 1. The van der Waals surface area contributed by atoms with E-state index in [0.29, 0.717) is 5.13 Å². The molecule has 0 saturated carbocycles. The summed E-state index contributed by atoms with van der Waals surface area (Å²) >= 11 is 1.30. The molecule has 2 aromatic rings. The molecule has 0 fully saturated rings. The van der Waals surface area contributed by atoms with E-state index in [1.165, 1.54) is 43.8 Å². The molecule has 1 heterocycles. The summed E-state index contributed by atoms with van der Waals surface area (Å²) in [4.78, 5) is 12.4. The van der Waals surface area contributed by atoms with Gasteiger partial charge in [0.15, 0.2) is 0 Å². The molecular formula is C17H24N4O5S2. The van der Waals surface area contributed by atoms with Crippen molar-refractivity contribution in [3.63, 3.8) is 0 Å². The Kier molecular flexibility index (Phi) is 8.30. The number of rotatable bonds is 11. The van der Waals surface area contributed by atoms with Crippen LogP contribution in [0.2, 0.25) is 0 Å². The molecule has 154 valence electrons. The first-order valence-electron chi connectivity index (χ1n) is 8.71. The maximum atomic E-state index is 12.5. The van der Waals surface area contributed by atoms with Gasteiger partial charge >= 0.3 is 0 Å². The van der Waals surface area contributed by atoms with Crippen LogP contribution < -0.4 is 14.8 Å². The fraction of sp³-hybridized carbons (Fsp3) is 0.471. The first-order chi connectivity index (χ1) is 13.4. The molecule has 2 rings (SSSR count). The molecule has 0 bridgehead atoms. The average molecular weight is 429 g/mol. The summed E-state index contributed by atoms with van der Waals surface area (Å²) in [5.41, 5.74) is 0.165. The van der Waals surface area contributed by atoms with Crippen molar-refractivity contribution >= 4 is 32.4 Å². The molecule has 0 spiro atoms. The van der Waals surface area contributed by atoms with Gasteiger partial charge in [0.2, 0.25) is 15.2 Å². The Hall–Kier alpha value is -2.08. The molecule has 0 aliphatic heterocycles. The lowest BCUT2D eigenvalue weighted by Crippen LogP contribution is -2.28. The molecule has 1 amide bonds. The Morgan fingerprint density at radius 3 is 2.71 bits per heavy atom. The van der Waals surface area contributed by atoms with Gasteiger partial charge in [0.25, 0.3) is 5.91 Å². The number of amides is 1. The second-order valence-electron chi connectivity index (χ2n) is 5.81. The number of hydrogen-bond donors (Lipinski definition) is 2. The predicted octanol–water partition coefficient (Wildman–Crippen LogP) is 2.07. The monoisotopic (exact) mass is 428 g/mol.